The Morgan fingerprint density at radius 1 is 0.865 bits per heavy atom. The maximum absolute atomic E-state index is 13.7. The monoisotopic (exact) mass is 519 g/mol. The molecule has 0 spiro atoms. The Morgan fingerprint density at radius 3 is 1.95 bits per heavy atom. The van der Waals surface area contributed by atoms with Crippen molar-refractivity contribution in [1.82, 2.24) is 10.6 Å². The fourth-order valence-corrected chi connectivity index (χ4v) is 5.45. The molecule has 2 saturated heterocycles. The molecule has 200 valence electrons. The molecule has 5 N–H and O–H groups in total. The number of carboxylic acid groups (broad SMARTS) is 2. The van der Waals surface area contributed by atoms with Crippen LogP contribution in [0.15, 0.2) is 42.5 Å². The molecule has 0 unspecified atom stereocenters. The van der Waals surface area contributed by atoms with Crippen LogP contribution >= 0.6 is 0 Å². The molecule has 2 heterocycles. The zero-order chi connectivity index (χ0) is 26.6. The van der Waals surface area contributed by atoms with Crippen LogP contribution in [-0.2, 0) is 28.6 Å². The van der Waals surface area contributed by atoms with Gasteiger partial charge in [-0.15, -0.1) is 0 Å². The predicted octanol–water partition coefficient (Wildman–Crippen LogP) is 4.15. The van der Waals surface area contributed by atoms with Crippen molar-refractivity contribution in [3.63, 3.8) is 0 Å². The quantitative estimate of drug-likeness (QED) is 0.321. The highest BCUT2D eigenvalue weighted by Gasteiger charge is 2.34. The lowest BCUT2D eigenvalue weighted by atomic mass is 9.85. The number of hydrogen-bond donors (Lipinski definition) is 5. The van der Waals surface area contributed by atoms with E-state index in [4.69, 9.17) is 0 Å². The van der Waals surface area contributed by atoms with Crippen molar-refractivity contribution in [3.05, 3.63) is 59.2 Å². The molecule has 0 radical (unpaired) electrons. The molecular weight excluding hydrogens is 487 g/mol. The Balaban J connectivity index is 1.56. The molecule has 2 aliphatic heterocycles. The Kier molecular flexibility index (Phi) is 8.39. The van der Waals surface area contributed by atoms with E-state index in [1.165, 1.54) is 0 Å². The number of hydrogen-bond acceptors (Lipinski definition) is 5. The van der Waals surface area contributed by atoms with Crippen LogP contribution in [0.3, 0.4) is 0 Å². The summed E-state index contributed by atoms with van der Waals surface area (Å²) < 4.78 is 41.1. The highest BCUT2D eigenvalue weighted by molar-refractivity contribution is 5.72. The Bertz CT molecular complexity index is 1110. The van der Waals surface area contributed by atoms with Gasteiger partial charge in [-0.2, -0.15) is 13.2 Å². The van der Waals surface area contributed by atoms with Crippen LogP contribution in [0.2, 0.25) is 0 Å². The Labute approximate surface area is 213 Å². The van der Waals surface area contributed by atoms with Crippen LogP contribution in [-0.4, -0.2) is 48.3 Å². The van der Waals surface area contributed by atoms with E-state index in [1.54, 1.807) is 24.3 Å². The molecule has 10 heteroatoms. The Hall–Kier alpha value is -3.11. The van der Waals surface area contributed by atoms with Crippen molar-refractivity contribution in [2.45, 2.75) is 31.9 Å². The summed E-state index contributed by atoms with van der Waals surface area (Å²) in [6.45, 7) is 2.66. The van der Waals surface area contributed by atoms with Crippen LogP contribution in [0.25, 0.3) is 0 Å². The van der Waals surface area contributed by atoms with E-state index in [-0.39, 0.29) is 23.9 Å². The number of carboxylic acids is 2. The smallest absolute Gasteiger partial charge is 0.416 e. The van der Waals surface area contributed by atoms with Crippen LogP contribution in [0, 0.1) is 23.7 Å². The third-order valence-electron chi connectivity index (χ3n) is 7.42. The van der Waals surface area contributed by atoms with Gasteiger partial charge in [0.1, 0.15) is 0 Å². The van der Waals surface area contributed by atoms with Gasteiger partial charge in [0, 0.05) is 11.4 Å². The maximum atomic E-state index is 13.7. The van der Waals surface area contributed by atoms with E-state index in [1.807, 2.05) is 6.07 Å². The van der Waals surface area contributed by atoms with E-state index < -0.39 is 35.5 Å². The van der Waals surface area contributed by atoms with Crippen molar-refractivity contribution < 1.29 is 33.0 Å². The van der Waals surface area contributed by atoms with E-state index >= 15 is 0 Å². The van der Waals surface area contributed by atoms with Gasteiger partial charge in [-0.1, -0.05) is 12.1 Å². The average Bonchev–Trinajstić information content (AvgIpc) is 3.55. The summed E-state index contributed by atoms with van der Waals surface area (Å²) in [5, 5.41) is 28.8. The van der Waals surface area contributed by atoms with Gasteiger partial charge in [0.25, 0.3) is 0 Å². The summed E-state index contributed by atoms with van der Waals surface area (Å²) in [5.74, 6) is -3.33. The second-order valence-electron chi connectivity index (χ2n) is 10.0. The number of carbonyl (C=O) groups is 2. The second-order valence-corrected chi connectivity index (χ2v) is 10.0. The van der Waals surface area contributed by atoms with Gasteiger partial charge in [-0.3, -0.25) is 9.59 Å². The van der Waals surface area contributed by atoms with Crippen molar-refractivity contribution in [3.8, 4) is 0 Å². The van der Waals surface area contributed by atoms with E-state index in [9.17, 15) is 33.0 Å². The molecule has 2 aliphatic rings. The van der Waals surface area contributed by atoms with Crippen molar-refractivity contribution >= 4 is 23.3 Å². The fourth-order valence-electron chi connectivity index (χ4n) is 5.45. The largest absolute Gasteiger partial charge is 0.481 e. The third kappa shape index (κ3) is 7.01. The lowest BCUT2D eigenvalue weighted by Crippen LogP contribution is -2.27. The van der Waals surface area contributed by atoms with Gasteiger partial charge < -0.3 is 26.2 Å². The summed E-state index contributed by atoms with van der Waals surface area (Å²) in [6, 6.07) is 10.6. The first kappa shape index (κ1) is 26.9. The fraction of sp³-hybridized carbons (Fsp3) is 0.481. The summed E-state index contributed by atoms with van der Waals surface area (Å²) in [5.41, 5.74) is 0.956. The molecule has 2 aromatic rings. The highest BCUT2D eigenvalue weighted by Crippen LogP contribution is 2.35. The average molecular weight is 520 g/mol. The predicted molar refractivity (Wildman–Crippen MR) is 133 cm³/mol. The summed E-state index contributed by atoms with van der Waals surface area (Å²) in [6.07, 6.45) is -2.82. The number of aliphatic carboxylic acids is 2. The molecule has 4 atom stereocenters. The van der Waals surface area contributed by atoms with Crippen LogP contribution < -0.4 is 16.0 Å². The molecule has 37 heavy (non-hydrogen) atoms. The first-order valence-corrected chi connectivity index (χ1v) is 12.5. The van der Waals surface area contributed by atoms with Gasteiger partial charge in [0.2, 0.25) is 0 Å². The topological polar surface area (TPSA) is 111 Å². The number of nitrogens with one attached hydrogen (secondary N) is 3. The molecule has 2 fully saturated rings. The SMILES string of the molecule is O=C(O)[C@@H](Cc1cccc(Nc2cc(C[C@H](C(=O)O)[C@H]3CCNC3)cc(C(F)(F)F)c2)c1)[C@H]1CCNC1. The second kappa shape index (κ2) is 11.5. The molecule has 0 saturated carbocycles. The number of anilines is 2. The van der Waals surface area contributed by atoms with Crippen LogP contribution in [0.5, 0.6) is 0 Å². The minimum Gasteiger partial charge on any atom is -0.481 e. The molecule has 0 aromatic heterocycles. The van der Waals surface area contributed by atoms with Crippen molar-refractivity contribution in [1.29, 1.82) is 0 Å². The normalized spacial score (nSPS) is 21.5. The number of alkyl halides is 3. The maximum Gasteiger partial charge on any atom is 0.416 e. The highest BCUT2D eigenvalue weighted by atomic mass is 19.4. The van der Waals surface area contributed by atoms with Crippen LogP contribution in [0.4, 0.5) is 24.5 Å². The van der Waals surface area contributed by atoms with Crippen LogP contribution in [0.1, 0.15) is 29.5 Å². The van der Waals surface area contributed by atoms with Crippen molar-refractivity contribution in [2.75, 3.05) is 31.5 Å². The zero-order valence-corrected chi connectivity index (χ0v) is 20.4. The molecule has 0 bridgehead atoms. The number of benzene rings is 2. The standard InChI is InChI=1S/C27H32F3N3O4/c28-27(29,30)20-8-17(12-24(26(36)37)19-5-7-32-15-19)10-22(13-20)33-21-3-1-2-16(9-21)11-23(25(34)35)18-4-6-31-14-18/h1-3,8-10,13,18-19,23-24,31-33H,4-7,11-12,14-15H2,(H,34,35)(H,36,37)/t18-,19-,23-,24-/m0/s1. The summed E-state index contributed by atoms with van der Waals surface area (Å²) >= 11 is 0. The van der Waals surface area contributed by atoms with Gasteiger partial charge >= 0.3 is 18.1 Å². The first-order chi connectivity index (χ1) is 17.6. The molecule has 0 aliphatic carbocycles. The zero-order valence-electron chi connectivity index (χ0n) is 20.4. The minimum absolute atomic E-state index is 0.00393. The molecule has 7 nitrogen and oxygen atoms in total. The third-order valence-corrected chi connectivity index (χ3v) is 7.42. The van der Waals surface area contributed by atoms with E-state index in [2.05, 4.69) is 16.0 Å². The van der Waals surface area contributed by atoms with Gasteiger partial charge in [-0.25, -0.2) is 0 Å². The minimum atomic E-state index is -4.59. The lowest BCUT2D eigenvalue weighted by molar-refractivity contribution is -0.144. The number of rotatable bonds is 10. The van der Waals surface area contributed by atoms with Gasteiger partial charge in [0.15, 0.2) is 0 Å². The summed E-state index contributed by atoms with van der Waals surface area (Å²) in [7, 11) is 0. The van der Waals surface area contributed by atoms with E-state index in [0.717, 1.165) is 30.7 Å². The van der Waals surface area contributed by atoms with Gasteiger partial charge in [-0.05, 0) is 105 Å². The molecule has 0 amide bonds. The summed E-state index contributed by atoms with van der Waals surface area (Å²) in [4.78, 5) is 23.8. The molecular formula is C27H32F3N3O4. The molecule has 2 aromatic carbocycles. The van der Waals surface area contributed by atoms with Crippen molar-refractivity contribution in [2.24, 2.45) is 23.7 Å². The Morgan fingerprint density at radius 2 is 1.43 bits per heavy atom. The lowest BCUT2D eigenvalue weighted by Gasteiger charge is -2.21. The van der Waals surface area contributed by atoms with E-state index in [0.29, 0.717) is 43.7 Å². The first-order valence-electron chi connectivity index (χ1n) is 12.5. The molecule has 4 rings (SSSR count). The number of halogens is 3. The van der Waals surface area contributed by atoms with Gasteiger partial charge in [0.05, 0.1) is 17.4 Å².